The molecule has 0 amide bonds. The molecule has 0 fully saturated rings. The first kappa shape index (κ1) is 14.6. The summed E-state index contributed by atoms with van der Waals surface area (Å²) in [7, 11) is 1.85. The number of fused-ring (bicyclic) bond motifs is 1. The summed E-state index contributed by atoms with van der Waals surface area (Å²) in [6.07, 6.45) is 10.3. The van der Waals surface area contributed by atoms with Gasteiger partial charge in [-0.05, 0) is 32.1 Å². The lowest BCUT2D eigenvalue weighted by molar-refractivity contribution is -0.0565. The Hall–Kier alpha value is -0.820. The summed E-state index contributed by atoms with van der Waals surface area (Å²) in [5, 5.41) is 0. The first-order valence-electron chi connectivity index (χ1n) is 7.43. The quantitative estimate of drug-likeness (QED) is 0.638. The van der Waals surface area contributed by atoms with Gasteiger partial charge in [-0.15, -0.1) is 6.58 Å². The largest absolute Gasteiger partial charge is 0.378 e. The Morgan fingerprint density at radius 3 is 2.63 bits per heavy atom. The lowest BCUT2D eigenvalue weighted by Gasteiger charge is -2.53. The van der Waals surface area contributed by atoms with E-state index < -0.39 is 0 Å². The van der Waals surface area contributed by atoms with Gasteiger partial charge in [0.15, 0.2) is 0 Å². The van der Waals surface area contributed by atoms with Crippen LogP contribution >= 0.6 is 0 Å². The van der Waals surface area contributed by atoms with Crippen molar-refractivity contribution in [2.75, 3.05) is 7.11 Å². The van der Waals surface area contributed by atoms with Crippen LogP contribution in [0.4, 0.5) is 0 Å². The van der Waals surface area contributed by atoms with Crippen LogP contribution < -0.4 is 0 Å². The summed E-state index contributed by atoms with van der Waals surface area (Å²) in [4.78, 5) is 0. The topological polar surface area (TPSA) is 9.23 Å². The Bertz CT molecular complexity index is 429. The highest BCUT2D eigenvalue weighted by Gasteiger charge is 2.50. The fourth-order valence-corrected chi connectivity index (χ4v) is 3.96. The molecule has 0 aromatic carbocycles. The highest BCUT2D eigenvalue weighted by atomic mass is 16.5. The molecule has 0 spiro atoms. The monoisotopic (exact) mass is 260 g/mol. The van der Waals surface area contributed by atoms with Crippen LogP contribution in [-0.2, 0) is 4.74 Å². The van der Waals surface area contributed by atoms with E-state index >= 15 is 0 Å². The Kier molecular flexibility index (Phi) is 3.79. The highest BCUT2D eigenvalue weighted by Crippen LogP contribution is 2.56. The Labute approximate surface area is 118 Å². The van der Waals surface area contributed by atoms with E-state index in [0.717, 1.165) is 12.8 Å². The summed E-state index contributed by atoms with van der Waals surface area (Å²) in [6, 6.07) is 0. The molecule has 3 rings (SSSR count). The second-order valence-corrected chi connectivity index (χ2v) is 7.09. The molecule has 3 aliphatic carbocycles. The fraction of sp³-hybridized carbons (Fsp3) is 0.667. The molecule has 0 N–H and O–H groups in total. The van der Waals surface area contributed by atoms with Crippen molar-refractivity contribution in [1.29, 1.82) is 0 Å². The van der Waals surface area contributed by atoms with Crippen molar-refractivity contribution < 1.29 is 4.74 Å². The lowest BCUT2D eigenvalue weighted by atomic mass is 9.56. The molecule has 3 atom stereocenters. The average molecular weight is 260 g/mol. The maximum Gasteiger partial charge on any atom is 0.0761 e. The van der Waals surface area contributed by atoms with Gasteiger partial charge in [0.2, 0.25) is 0 Å². The van der Waals surface area contributed by atoms with Crippen LogP contribution in [0.2, 0.25) is 0 Å². The third-order valence-electron chi connectivity index (χ3n) is 4.86. The van der Waals surface area contributed by atoms with E-state index in [-0.39, 0.29) is 11.0 Å². The Morgan fingerprint density at radius 1 is 1.47 bits per heavy atom. The van der Waals surface area contributed by atoms with Crippen LogP contribution in [0.15, 0.2) is 36.0 Å². The standard InChI is InChI=1S/C18H28O/c1-7-8-14-11-17(4)12-18(5,19-6)16(14)10-15(17)9-13(2)3/h7,10-11,13,16H,1,8-9,12H2,2-6H3/t16-,17+,18-/m1/s1. The molecule has 106 valence electrons. The first-order valence-corrected chi connectivity index (χ1v) is 7.43. The Balaban J connectivity index is 2.41. The molecule has 1 heteroatoms. The normalized spacial score (nSPS) is 37.3. The van der Waals surface area contributed by atoms with Crippen molar-refractivity contribution in [3.63, 3.8) is 0 Å². The van der Waals surface area contributed by atoms with E-state index in [0.29, 0.717) is 11.8 Å². The van der Waals surface area contributed by atoms with E-state index in [1.807, 2.05) is 13.2 Å². The third-order valence-corrected chi connectivity index (χ3v) is 4.86. The molecule has 19 heavy (non-hydrogen) atoms. The lowest BCUT2D eigenvalue weighted by Crippen LogP contribution is -2.49. The van der Waals surface area contributed by atoms with Crippen molar-refractivity contribution in [3.8, 4) is 0 Å². The predicted molar refractivity (Wildman–Crippen MR) is 82.1 cm³/mol. The van der Waals surface area contributed by atoms with Gasteiger partial charge >= 0.3 is 0 Å². The summed E-state index contributed by atoms with van der Waals surface area (Å²) in [5.41, 5.74) is 3.21. The first-order chi connectivity index (χ1) is 8.84. The number of ether oxygens (including phenoxy) is 1. The number of rotatable bonds is 5. The summed E-state index contributed by atoms with van der Waals surface area (Å²) in [6.45, 7) is 13.1. The molecule has 0 aliphatic heterocycles. The van der Waals surface area contributed by atoms with Gasteiger partial charge in [-0.3, -0.25) is 0 Å². The average Bonchev–Trinajstić information content (AvgIpc) is 2.31. The number of allylic oxidation sites excluding steroid dienone is 3. The van der Waals surface area contributed by atoms with E-state index in [1.54, 1.807) is 5.57 Å². The Morgan fingerprint density at radius 2 is 2.16 bits per heavy atom. The zero-order chi connectivity index (χ0) is 14.3. The van der Waals surface area contributed by atoms with Gasteiger partial charge in [0.1, 0.15) is 0 Å². The van der Waals surface area contributed by atoms with Crippen molar-refractivity contribution in [2.45, 2.75) is 52.6 Å². The molecule has 0 aromatic rings. The second-order valence-electron chi connectivity index (χ2n) is 7.09. The van der Waals surface area contributed by atoms with Crippen LogP contribution in [0.5, 0.6) is 0 Å². The molecular weight excluding hydrogens is 232 g/mol. The molecule has 0 saturated heterocycles. The maximum absolute atomic E-state index is 5.89. The van der Waals surface area contributed by atoms with Crippen molar-refractivity contribution >= 4 is 0 Å². The van der Waals surface area contributed by atoms with E-state index in [2.05, 4.69) is 46.4 Å². The smallest absolute Gasteiger partial charge is 0.0761 e. The zero-order valence-electron chi connectivity index (χ0n) is 13.1. The molecule has 0 unspecified atom stereocenters. The van der Waals surface area contributed by atoms with Gasteiger partial charge in [-0.1, -0.05) is 50.1 Å². The number of hydrogen-bond acceptors (Lipinski definition) is 1. The van der Waals surface area contributed by atoms with Gasteiger partial charge in [0.05, 0.1) is 5.60 Å². The van der Waals surface area contributed by atoms with Gasteiger partial charge < -0.3 is 4.74 Å². The van der Waals surface area contributed by atoms with Crippen molar-refractivity contribution in [2.24, 2.45) is 17.3 Å². The van der Waals surface area contributed by atoms with E-state index in [9.17, 15) is 0 Å². The van der Waals surface area contributed by atoms with Crippen molar-refractivity contribution in [1.82, 2.24) is 0 Å². The molecule has 2 bridgehead atoms. The van der Waals surface area contributed by atoms with E-state index in [1.165, 1.54) is 12.0 Å². The number of hydrogen-bond donors (Lipinski definition) is 0. The SMILES string of the molecule is C=CCC1=C[C@@]2(C)C[C@@](C)(OC)[C@@H]1C=C2CC(C)C. The summed E-state index contributed by atoms with van der Waals surface area (Å²) < 4.78 is 5.89. The molecule has 0 heterocycles. The van der Waals surface area contributed by atoms with Gasteiger partial charge in [0.25, 0.3) is 0 Å². The van der Waals surface area contributed by atoms with Crippen LogP contribution in [0.25, 0.3) is 0 Å². The van der Waals surface area contributed by atoms with E-state index in [4.69, 9.17) is 4.74 Å². The van der Waals surface area contributed by atoms with Gasteiger partial charge in [-0.25, -0.2) is 0 Å². The zero-order valence-corrected chi connectivity index (χ0v) is 13.1. The van der Waals surface area contributed by atoms with Crippen LogP contribution in [0.1, 0.15) is 47.0 Å². The molecule has 0 radical (unpaired) electrons. The predicted octanol–water partition coefficient (Wildman–Crippen LogP) is 4.91. The third kappa shape index (κ3) is 2.45. The number of methoxy groups -OCH3 is 1. The van der Waals surface area contributed by atoms with Crippen molar-refractivity contribution in [3.05, 3.63) is 36.0 Å². The minimum absolute atomic E-state index is 0.0533. The minimum atomic E-state index is -0.0533. The van der Waals surface area contributed by atoms with Gasteiger partial charge in [-0.2, -0.15) is 0 Å². The van der Waals surface area contributed by atoms with Crippen LogP contribution in [0.3, 0.4) is 0 Å². The molecule has 0 aromatic heterocycles. The molecular formula is C18H28O. The van der Waals surface area contributed by atoms with Crippen LogP contribution in [-0.4, -0.2) is 12.7 Å². The molecule has 3 aliphatic rings. The molecule has 0 saturated carbocycles. The van der Waals surface area contributed by atoms with Gasteiger partial charge in [0, 0.05) is 18.4 Å². The minimum Gasteiger partial charge on any atom is -0.378 e. The molecule has 1 nitrogen and oxygen atoms in total. The summed E-state index contributed by atoms with van der Waals surface area (Å²) >= 11 is 0. The van der Waals surface area contributed by atoms with Crippen LogP contribution in [0, 0.1) is 17.3 Å². The highest BCUT2D eigenvalue weighted by molar-refractivity contribution is 5.41. The fourth-order valence-electron chi connectivity index (χ4n) is 3.96. The summed E-state index contributed by atoms with van der Waals surface area (Å²) in [5.74, 6) is 1.14. The maximum atomic E-state index is 5.89. The second kappa shape index (κ2) is 4.94.